The Bertz CT molecular complexity index is 342. The minimum Gasteiger partial charge on any atom is -0.389 e. The number of rotatable bonds is 5. The van der Waals surface area contributed by atoms with Crippen LogP contribution in [-0.4, -0.2) is 32.4 Å². The Balaban J connectivity index is 3.00. The molecule has 16 heavy (non-hydrogen) atoms. The first-order valence-electron chi connectivity index (χ1n) is 5.24. The summed E-state index contributed by atoms with van der Waals surface area (Å²) in [7, 11) is 3.38. The molecule has 0 amide bonds. The van der Waals surface area contributed by atoms with Crippen molar-refractivity contribution >= 4 is 5.69 Å². The number of benzene rings is 1. The van der Waals surface area contributed by atoms with Gasteiger partial charge in [-0.25, -0.2) is 4.39 Å². The molecule has 0 aliphatic rings. The first-order valence-corrected chi connectivity index (χ1v) is 5.24. The summed E-state index contributed by atoms with van der Waals surface area (Å²) in [5.74, 6) is -0.322. The molecular formula is C12H18FNO2. The van der Waals surface area contributed by atoms with Gasteiger partial charge in [0.1, 0.15) is 5.82 Å². The predicted molar refractivity (Wildman–Crippen MR) is 62.2 cm³/mol. The molecule has 0 heterocycles. The average molecular weight is 227 g/mol. The molecule has 90 valence electrons. The van der Waals surface area contributed by atoms with Gasteiger partial charge in [0.05, 0.1) is 18.4 Å². The van der Waals surface area contributed by atoms with Gasteiger partial charge in [-0.1, -0.05) is 12.1 Å². The standard InChI is InChI=1S/C12H18FNO2/c1-9(15)10-5-4-6-11(13)12(10)14(2)7-8-16-3/h4-6,9,15H,7-8H2,1-3H3. The molecule has 1 atom stereocenters. The van der Waals surface area contributed by atoms with Crippen LogP contribution in [0.2, 0.25) is 0 Å². The van der Waals surface area contributed by atoms with Gasteiger partial charge in [0, 0.05) is 26.3 Å². The maximum absolute atomic E-state index is 13.7. The Morgan fingerprint density at radius 2 is 2.19 bits per heavy atom. The van der Waals surface area contributed by atoms with E-state index in [1.807, 2.05) is 0 Å². The summed E-state index contributed by atoms with van der Waals surface area (Å²) >= 11 is 0. The second-order valence-electron chi connectivity index (χ2n) is 3.77. The molecule has 0 radical (unpaired) electrons. The molecule has 1 unspecified atom stereocenters. The van der Waals surface area contributed by atoms with Gasteiger partial charge >= 0.3 is 0 Å². The number of methoxy groups -OCH3 is 1. The van der Waals surface area contributed by atoms with Gasteiger partial charge < -0.3 is 14.7 Å². The summed E-state index contributed by atoms with van der Waals surface area (Å²) in [5.41, 5.74) is 1.04. The van der Waals surface area contributed by atoms with Crippen LogP contribution >= 0.6 is 0 Å². The van der Waals surface area contributed by atoms with Crippen molar-refractivity contribution in [2.75, 3.05) is 32.2 Å². The number of hydrogen-bond acceptors (Lipinski definition) is 3. The summed E-state index contributed by atoms with van der Waals surface area (Å²) in [4.78, 5) is 1.75. The highest BCUT2D eigenvalue weighted by atomic mass is 19.1. The number of hydrogen-bond donors (Lipinski definition) is 1. The van der Waals surface area contributed by atoms with E-state index in [1.165, 1.54) is 6.07 Å². The highest BCUT2D eigenvalue weighted by Crippen LogP contribution is 2.28. The predicted octanol–water partition coefficient (Wildman–Crippen LogP) is 1.96. The second-order valence-corrected chi connectivity index (χ2v) is 3.77. The van der Waals surface area contributed by atoms with Gasteiger partial charge in [-0.05, 0) is 13.0 Å². The lowest BCUT2D eigenvalue weighted by Gasteiger charge is -2.23. The van der Waals surface area contributed by atoms with Crippen molar-refractivity contribution in [1.82, 2.24) is 0 Å². The summed E-state index contributed by atoms with van der Waals surface area (Å²) in [6, 6.07) is 4.72. The molecule has 0 aromatic heterocycles. The number of para-hydroxylation sites is 1. The quantitative estimate of drug-likeness (QED) is 0.834. The van der Waals surface area contributed by atoms with E-state index >= 15 is 0 Å². The van der Waals surface area contributed by atoms with Crippen molar-refractivity contribution in [2.24, 2.45) is 0 Å². The summed E-state index contributed by atoms with van der Waals surface area (Å²) < 4.78 is 18.6. The molecular weight excluding hydrogens is 209 g/mol. The van der Waals surface area contributed by atoms with Crippen LogP contribution in [0.4, 0.5) is 10.1 Å². The van der Waals surface area contributed by atoms with Gasteiger partial charge in [-0.2, -0.15) is 0 Å². The number of halogens is 1. The third kappa shape index (κ3) is 2.93. The zero-order chi connectivity index (χ0) is 12.1. The van der Waals surface area contributed by atoms with Crippen molar-refractivity contribution in [1.29, 1.82) is 0 Å². The zero-order valence-corrected chi connectivity index (χ0v) is 9.90. The van der Waals surface area contributed by atoms with E-state index in [0.29, 0.717) is 24.4 Å². The van der Waals surface area contributed by atoms with Crippen LogP contribution < -0.4 is 4.90 Å². The lowest BCUT2D eigenvalue weighted by atomic mass is 10.1. The molecule has 3 nitrogen and oxygen atoms in total. The summed E-state index contributed by atoms with van der Waals surface area (Å²) in [6.07, 6.45) is -0.685. The van der Waals surface area contributed by atoms with E-state index in [9.17, 15) is 9.50 Å². The molecule has 0 saturated heterocycles. The van der Waals surface area contributed by atoms with Crippen LogP contribution in [-0.2, 0) is 4.74 Å². The number of aliphatic hydroxyl groups is 1. The third-order valence-electron chi connectivity index (χ3n) is 2.48. The number of anilines is 1. The number of nitrogens with zero attached hydrogens (tertiary/aromatic N) is 1. The first-order chi connectivity index (χ1) is 7.57. The van der Waals surface area contributed by atoms with Gasteiger partial charge in [0.25, 0.3) is 0 Å². The van der Waals surface area contributed by atoms with Crippen LogP contribution in [0.15, 0.2) is 18.2 Å². The Kier molecular flexibility index (Phi) is 4.71. The maximum atomic E-state index is 13.7. The van der Waals surface area contributed by atoms with Crippen molar-refractivity contribution in [3.05, 3.63) is 29.6 Å². The second kappa shape index (κ2) is 5.82. The van der Waals surface area contributed by atoms with Gasteiger partial charge in [-0.15, -0.1) is 0 Å². The van der Waals surface area contributed by atoms with E-state index in [4.69, 9.17) is 4.74 Å². The normalized spacial score (nSPS) is 12.6. The lowest BCUT2D eigenvalue weighted by Crippen LogP contribution is -2.24. The topological polar surface area (TPSA) is 32.7 Å². The molecule has 0 fully saturated rings. The van der Waals surface area contributed by atoms with Crippen molar-refractivity contribution in [3.8, 4) is 0 Å². The minimum absolute atomic E-state index is 0.322. The highest BCUT2D eigenvalue weighted by molar-refractivity contribution is 5.55. The fraction of sp³-hybridized carbons (Fsp3) is 0.500. The molecule has 0 bridgehead atoms. The molecule has 1 aromatic carbocycles. The molecule has 0 saturated carbocycles. The van der Waals surface area contributed by atoms with E-state index in [2.05, 4.69) is 0 Å². The smallest absolute Gasteiger partial charge is 0.146 e. The number of likely N-dealkylation sites (N-methyl/N-ethyl adjacent to an activating group) is 1. The molecule has 0 aliphatic heterocycles. The van der Waals surface area contributed by atoms with Crippen LogP contribution in [0.25, 0.3) is 0 Å². The average Bonchev–Trinajstić information content (AvgIpc) is 2.25. The van der Waals surface area contributed by atoms with E-state index < -0.39 is 6.10 Å². The van der Waals surface area contributed by atoms with Gasteiger partial charge in [0.15, 0.2) is 0 Å². The SMILES string of the molecule is COCCN(C)c1c(F)cccc1C(C)O. The molecule has 1 aromatic rings. The first kappa shape index (κ1) is 12.9. The third-order valence-corrected chi connectivity index (χ3v) is 2.48. The fourth-order valence-electron chi connectivity index (χ4n) is 1.61. The van der Waals surface area contributed by atoms with Crippen LogP contribution in [0.5, 0.6) is 0 Å². The lowest BCUT2D eigenvalue weighted by molar-refractivity contribution is 0.197. The van der Waals surface area contributed by atoms with Gasteiger partial charge in [0.2, 0.25) is 0 Å². The number of ether oxygens (including phenoxy) is 1. The largest absolute Gasteiger partial charge is 0.389 e. The molecule has 1 rings (SSSR count). The molecule has 1 N–H and O–H groups in total. The van der Waals surface area contributed by atoms with Crippen molar-refractivity contribution in [2.45, 2.75) is 13.0 Å². The molecule has 0 aliphatic carbocycles. The Labute approximate surface area is 95.5 Å². The minimum atomic E-state index is -0.685. The van der Waals surface area contributed by atoms with Gasteiger partial charge in [-0.3, -0.25) is 0 Å². The van der Waals surface area contributed by atoms with Crippen LogP contribution in [0.3, 0.4) is 0 Å². The monoisotopic (exact) mass is 227 g/mol. The Morgan fingerprint density at radius 3 is 2.75 bits per heavy atom. The fourth-order valence-corrected chi connectivity index (χ4v) is 1.61. The zero-order valence-electron chi connectivity index (χ0n) is 9.90. The highest BCUT2D eigenvalue weighted by Gasteiger charge is 2.15. The van der Waals surface area contributed by atoms with Crippen molar-refractivity contribution in [3.63, 3.8) is 0 Å². The summed E-state index contributed by atoms with van der Waals surface area (Å²) in [6.45, 7) is 2.73. The summed E-state index contributed by atoms with van der Waals surface area (Å²) in [5, 5.41) is 9.58. The maximum Gasteiger partial charge on any atom is 0.146 e. The van der Waals surface area contributed by atoms with E-state index in [-0.39, 0.29) is 5.82 Å². The molecule has 0 spiro atoms. The van der Waals surface area contributed by atoms with E-state index in [0.717, 1.165) is 0 Å². The Hall–Kier alpha value is -1.13. The van der Waals surface area contributed by atoms with Crippen molar-refractivity contribution < 1.29 is 14.2 Å². The number of aliphatic hydroxyl groups excluding tert-OH is 1. The van der Waals surface area contributed by atoms with Crippen LogP contribution in [0.1, 0.15) is 18.6 Å². The Morgan fingerprint density at radius 1 is 1.50 bits per heavy atom. The van der Waals surface area contributed by atoms with E-state index in [1.54, 1.807) is 38.1 Å². The molecule has 4 heteroatoms. The van der Waals surface area contributed by atoms with Crippen LogP contribution in [0, 0.1) is 5.82 Å².